The van der Waals surface area contributed by atoms with E-state index < -0.39 is 78.6 Å². The van der Waals surface area contributed by atoms with Gasteiger partial charge in [-0.15, -0.1) is 0 Å². The largest absolute Gasteiger partial charge is 0.481 e. The fourth-order valence-corrected chi connectivity index (χ4v) is 6.63. The van der Waals surface area contributed by atoms with E-state index in [1.165, 1.54) is 13.8 Å². The number of nitrogen functional groups attached to an aromatic ring is 1. The number of imidazole rings is 1. The fraction of sp³-hybridized carbons (Fsp3) is 0.684. The molecule has 3 heterocycles. The van der Waals surface area contributed by atoms with Gasteiger partial charge in [0.15, 0.2) is 17.7 Å². The van der Waals surface area contributed by atoms with Gasteiger partial charge in [-0.3, -0.25) is 22.9 Å². The third-order valence-electron chi connectivity index (χ3n) is 5.98. The second-order valence-corrected chi connectivity index (χ2v) is 14.2. The monoisotopic (exact) mass is 678 g/mol. The van der Waals surface area contributed by atoms with Crippen LogP contribution in [0.25, 0.3) is 11.2 Å². The summed E-state index contributed by atoms with van der Waals surface area (Å²) in [5, 5.41) is 23.5. The van der Waals surface area contributed by atoms with Gasteiger partial charge >= 0.3 is 23.5 Å². The molecule has 1 amide bonds. The Labute approximate surface area is 243 Å². The highest BCUT2D eigenvalue weighted by Gasteiger charge is 2.50. The third-order valence-corrected chi connectivity index (χ3v) is 9.08. The van der Waals surface area contributed by atoms with Gasteiger partial charge in [0.2, 0.25) is 5.91 Å². The van der Waals surface area contributed by atoms with Gasteiger partial charge in [-0.1, -0.05) is 20.8 Å². The van der Waals surface area contributed by atoms with E-state index in [1.54, 1.807) is 6.92 Å². The number of nitrogens with one attached hydrogen (secondary N) is 1. The van der Waals surface area contributed by atoms with Crippen molar-refractivity contribution < 1.29 is 70.9 Å². The minimum absolute atomic E-state index is 0.0224. The van der Waals surface area contributed by atoms with Crippen molar-refractivity contribution >= 4 is 46.4 Å². The van der Waals surface area contributed by atoms with Gasteiger partial charge in [0, 0.05) is 12.0 Å². The van der Waals surface area contributed by atoms with Crippen LogP contribution in [0.1, 0.15) is 33.4 Å². The molecule has 0 spiro atoms. The average molecular weight is 678 g/mol. The molecule has 43 heavy (non-hydrogen) atoms. The lowest BCUT2D eigenvalue weighted by atomic mass is 9.87. The zero-order valence-corrected chi connectivity index (χ0v) is 25.6. The van der Waals surface area contributed by atoms with E-state index in [1.807, 2.05) is 0 Å². The summed E-state index contributed by atoms with van der Waals surface area (Å²) < 4.78 is 61.4. The van der Waals surface area contributed by atoms with Crippen LogP contribution in [-0.4, -0.2) is 99.4 Å². The molecule has 1 fully saturated rings. The molecule has 3 rings (SSSR count). The zero-order valence-electron chi connectivity index (χ0n) is 22.9. The quantitative estimate of drug-likeness (QED) is 0.108. The number of hydrogen-bond donors (Lipinski definition) is 8. The SMILES string of the molecule is CCCNC(=O)[C@H](O)C(C)(C)COP(=O)(O)OP(=O)(O)OC[C@H]1O[C@@H](n2cnc3c(N)ncnc32)[C@H](O)[C@@H]1OP(=O)(O)O. The molecule has 2 unspecified atom stereocenters. The standard InChI is InChI=1S/C19H33N6O15P3/c1-4-5-21-17(28)14(27)19(2,3)7-37-43(34,35)40-42(32,33)36-6-10-13(39-41(29,30)31)12(26)18(38-10)25-9-24-11-15(20)22-8-23-16(11)25/h8-10,12-14,18,26-27H,4-7H2,1-3H3,(H,21,28)(H,32,33)(H,34,35)(H2,20,22,23)(H2,29,30,31)/t10-,12-,13-,14+,18-/m1/s1. The van der Waals surface area contributed by atoms with Crippen LogP contribution in [0.2, 0.25) is 0 Å². The summed E-state index contributed by atoms with van der Waals surface area (Å²) in [5.74, 6) is -0.796. The van der Waals surface area contributed by atoms with Crippen molar-refractivity contribution in [2.45, 2.75) is 57.8 Å². The molecule has 21 nitrogen and oxygen atoms in total. The first-order chi connectivity index (χ1) is 19.8. The number of carbonyl (C=O) groups excluding carboxylic acids is 1. The number of ether oxygens (including phenoxy) is 1. The number of rotatable bonds is 15. The molecular formula is C19H33N6O15P3. The van der Waals surface area contributed by atoms with Crippen LogP contribution in [-0.2, 0) is 41.1 Å². The molecule has 9 N–H and O–H groups in total. The zero-order chi connectivity index (χ0) is 32.4. The molecule has 244 valence electrons. The molecule has 7 atom stereocenters. The number of aromatic nitrogens is 4. The molecule has 2 aromatic heterocycles. The average Bonchev–Trinajstić information content (AvgIpc) is 3.45. The van der Waals surface area contributed by atoms with Crippen molar-refractivity contribution in [2.75, 3.05) is 25.5 Å². The van der Waals surface area contributed by atoms with E-state index in [0.29, 0.717) is 6.42 Å². The van der Waals surface area contributed by atoms with Gasteiger partial charge in [0.25, 0.3) is 0 Å². The van der Waals surface area contributed by atoms with E-state index in [9.17, 15) is 48.3 Å². The second kappa shape index (κ2) is 13.6. The molecule has 0 aliphatic carbocycles. The van der Waals surface area contributed by atoms with E-state index in [0.717, 1.165) is 17.2 Å². The number of amides is 1. The first-order valence-electron chi connectivity index (χ1n) is 12.4. The molecule has 1 aliphatic rings. The molecule has 2 aromatic rings. The lowest BCUT2D eigenvalue weighted by Gasteiger charge is -2.30. The molecule has 1 saturated heterocycles. The Morgan fingerprint density at radius 3 is 2.44 bits per heavy atom. The smallest absolute Gasteiger partial charge is 0.386 e. The molecule has 0 saturated carbocycles. The number of aliphatic hydroxyl groups excluding tert-OH is 2. The molecule has 0 radical (unpaired) electrons. The number of phosphoric acid groups is 3. The third kappa shape index (κ3) is 9.29. The highest BCUT2D eigenvalue weighted by molar-refractivity contribution is 7.61. The van der Waals surface area contributed by atoms with Crippen molar-refractivity contribution in [3.8, 4) is 0 Å². The lowest BCUT2D eigenvalue weighted by Crippen LogP contribution is -2.46. The highest BCUT2D eigenvalue weighted by atomic mass is 31.3. The summed E-state index contributed by atoms with van der Waals surface area (Å²) in [6.45, 7) is 2.84. The van der Waals surface area contributed by atoms with E-state index >= 15 is 0 Å². The van der Waals surface area contributed by atoms with Crippen molar-refractivity contribution in [1.29, 1.82) is 0 Å². The summed E-state index contributed by atoms with van der Waals surface area (Å²) in [6, 6.07) is 0. The number of carbonyl (C=O) groups is 1. The maximum atomic E-state index is 12.5. The van der Waals surface area contributed by atoms with Gasteiger partial charge < -0.3 is 45.6 Å². The lowest BCUT2D eigenvalue weighted by molar-refractivity contribution is -0.136. The predicted octanol–water partition coefficient (Wildman–Crippen LogP) is -0.691. The van der Waals surface area contributed by atoms with Crippen molar-refractivity contribution in [1.82, 2.24) is 24.8 Å². The van der Waals surface area contributed by atoms with Crippen LogP contribution in [0, 0.1) is 5.41 Å². The Bertz CT molecular complexity index is 1440. The number of nitrogens with zero attached hydrogens (tertiary/aromatic N) is 4. The summed E-state index contributed by atoms with van der Waals surface area (Å²) in [4.78, 5) is 62.5. The Hall–Kier alpha value is -1.93. The summed E-state index contributed by atoms with van der Waals surface area (Å²) in [6.07, 6.45) is -5.77. The maximum absolute atomic E-state index is 12.5. The van der Waals surface area contributed by atoms with Crippen LogP contribution >= 0.6 is 23.5 Å². The number of phosphoric ester groups is 3. The van der Waals surface area contributed by atoms with Gasteiger partial charge in [-0.25, -0.2) is 28.6 Å². The number of hydrogen-bond acceptors (Lipinski definition) is 15. The highest BCUT2D eigenvalue weighted by Crippen LogP contribution is 2.61. The first-order valence-corrected chi connectivity index (χ1v) is 16.9. The minimum atomic E-state index is -5.48. The number of aliphatic hydroxyl groups is 2. The van der Waals surface area contributed by atoms with Gasteiger partial charge in [-0.2, -0.15) is 4.31 Å². The molecule has 0 bridgehead atoms. The van der Waals surface area contributed by atoms with Crippen molar-refractivity contribution in [2.24, 2.45) is 5.41 Å². The van der Waals surface area contributed by atoms with Gasteiger partial charge in [0.05, 0.1) is 19.5 Å². The van der Waals surface area contributed by atoms with Crippen LogP contribution in [0.5, 0.6) is 0 Å². The van der Waals surface area contributed by atoms with E-state index in [4.69, 9.17) is 19.5 Å². The predicted molar refractivity (Wildman–Crippen MR) is 142 cm³/mol. The summed E-state index contributed by atoms with van der Waals surface area (Å²) >= 11 is 0. The Balaban J connectivity index is 1.69. The van der Waals surface area contributed by atoms with Crippen molar-refractivity contribution in [3.05, 3.63) is 12.7 Å². The van der Waals surface area contributed by atoms with Crippen molar-refractivity contribution in [3.63, 3.8) is 0 Å². The first kappa shape index (κ1) is 35.5. The Morgan fingerprint density at radius 1 is 1.16 bits per heavy atom. The van der Waals surface area contributed by atoms with E-state index in [2.05, 4.69) is 29.1 Å². The fourth-order valence-electron chi connectivity index (χ4n) is 3.80. The summed E-state index contributed by atoms with van der Waals surface area (Å²) in [7, 11) is -16.1. The second-order valence-electron chi connectivity index (χ2n) is 9.97. The van der Waals surface area contributed by atoms with E-state index in [-0.39, 0.29) is 23.5 Å². The Kier molecular flexibility index (Phi) is 11.2. The van der Waals surface area contributed by atoms with Gasteiger partial charge in [-0.05, 0) is 6.42 Å². The molecule has 1 aliphatic heterocycles. The van der Waals surface area contributed by atoms with Crippen LogP contribution in [0.15, 0.2) is 12.7 Å². The molecule has 0 aromatic carbocycles. The number of anilines is 1. The maximum Gasteiger partial charge on any atom is 0.481 e. The van der Waals surface area contributed by atoms with Crippen LogP contribution in [0.4, 0.5) is 5.82 Å². The molecular weight excluding hydrogens is 645 g/mol. The van der Waals surface area contributed by atoms with Gasteiger partial charge in [0.1, 0.15) is 36.3 Å². The summed E-state index contributed by atoms with van der Waals surface area (Å²) in [5.41, 5.74) is 4.45. The topological polar surface area (TPSA) is 317 Å². The van der Waals surface area contributed by atoms with Crippen LogP contribution in [0.3, 0.4) is 0 Å². The van der Waals surface area contributed by atoms with Crippen LogP contribution < -0.4 is 11.1 Å². The minimum Gasteiger partial charge on any atom is -0.386 e. The number of fused-ring (bicyclic) bond motifs is 1. The normalized spacial score (nSPS) is 24.9. The Morgan fingerprint density at radius 2 is 1.81 bits per heavy atom. The number of nitrogens with two attached hydrogens (primary N) is 1. The molecule has 24 heteroatoms.